The third-order valence-corrected chi connectivity index (χ3v) is 7.57. The van der Waals surface area contributed by atoms with Crippen LogP contribution in [-0.2, 0) is 16.4 Å². The van der Waals surface area contributed by atoms with E-state index in [1.165, 1.54) is 5.56 Å². The number of hydrogen-bond acceptors (Lipinski definition) is 3. The van der Waals surface area contributed by atoms with E-state index in [1.54, 1.807) is 12.1 Å². The number of aryl methyl sites for hydroxylation is 2. The molecule has 0 spiro atoms. The van der Waals surface area contributed by atoms with Crippen molar-refractivity contribution in [3.8, 4) is 0 Å². The summed E-state index contributed by atoms with van der Waals surface area (Å²) >= 11 is 0. The molecule has 5 heteroatoms. The first kappa shape index (κ1) is 24.9. The van der Waals surface area contributed by atoms with Crippen molar-refractivity contribution < 1.29 is 8.42 Å². The zero-order chi connectivity index (χ0) is 24.5. The summed E-state index contributed by atoms with van der Waals surface area (Å²) in [6.07, 6.45) is 1.90. The van der Waals surface area contributed by atoms with E-state index in [0.717, 1.165) is 36.1 Å². The monoisotopic (exact) mass is 484 g/mol. The lowest BCUT2D eigenvalue weighted by Gasteiger charge is -2.30. The second-order valence-electron chi connectivity index (χ2n) is 8.75. The van der Waals surface area contributed by atoms with Gasteiger partial charge in [0, 0.05) is 0 Å². The summed E-state index contributed by atoms with van der Waals surface area (Å²) < 4.78 is 29.9. The highest BCUT2D eigenvalue weighted by molar-refractivity contribution is 7.89. The molecule has 0 heterocycles. The van der Waals surface area contributed by atoms with Crippen LogP contribution in [0.25, 0.3) is 0 Å². The summed E-state index contributed by atoms with van der Waals surface area (Å²) in [6, 6.07) is 36.5. The zero-order valence-electron chi connectivity index (χ0n) is 20.0. The average Bonchev–Trinajstić information content (AvgIpc) is 2.89. The minimum absolute atomic E-state index is 0.241. The lowest BCUT2D eigenvalue weighted by atomic mass is 9.94. The highest BCUT2D eigenvalue weighted by Gasteiger charge is 2.29. The van der Waals surface area contributed by atoms with E-state index < -0.39 is 16.1 Å². The average molecular weight is 485 g/mol. The van der Waals surface area contributed by atoms with Crippen molar-refractivity contribution in [1.82, 2.24) is 10.0 Å². The van der Waals surface area contributed by atoms with Gasteiger partial charge in [-0.25, -0.2) is 13.1 Å². The van der Waals surface area contributed by atoms with Crippen molar-refractivity contribution in [2.75, 3.05) is 6.54 Å². The van der Waals surface area contributed by atoms with E-state index in [-0.39, 0.29) is 10.9 Å². The molecule has 180 valence electrons. The van der Waals surface area contributed by atoms with Crippen molar-refractivity contribution in [3.05, 3.63) is 138 Å². The van der Waals surface area contributed by atoms with E-state index in [4.69, 9.17) is 0 Å². The van der Waals surface area contributed by atoms with Crippen LogP contribution in [0.1, 0.15) is 40.8 Å². The summed E-state index contributed by atoms with van der Waals surface area (Å²) in [4.78, 5) is 0.264. The molecular formula is C30H32N2O2S. The Hall–Kier alpha value is -3.25. The van der Waals surface area contributed by atoms with Gasteiger partial charge in [-0.3, -0.25) is 0 Å². The summed E-state index contributed by atoms with van der Waals surface area (Å²) in [6.45, 7) is 2.70. The smallest absolute Gasteiger partial charge is 0.241 e. The number of sulfonamides is 1. The van der Waals surface area contributed by atoms with Gasteiger partial charge in [-0.1, -0.05) is 109 Å². The van der Waals surface area contributed by atoms with Crippen molar-refractivity contribution >= 4 is 10.0 Å². The topological polar surface area (TPSA) is 58.2 Å². The van der Waals surface area contributed by atoms with E-state index in [9.17, 15) is 8.42 Å². The Morgan fingerprint density at radius 2 is 1.17 bits per heavy atom. The maximum absolute atomic E-state index is 13.4. The molecule has 4 aromatic carbocycles. The predicted octanol–water partition coefficient (Wildman–Crippen LogP) is 5.98. The van der Waals surface area contributed by atoms with E-state index >= 15 is 0 Å². The molecule has 0 amide bonds. The van der Waals surface area contributed by atoms with Gasteiger partial charge >= 0.3 is 0 Å². The summed E-state index contributed by atoms with van der Waals surface area (Å²) in [7, 11) is -3.74. The van der Waals surface area contributed by atoms with Crippen LogP contribution < -0.4 is 10.0 Å². The van der Waals surface area contributed by atoms with Gasteiger partial charge in [0.2, 0.25) is 10.0 Å². The molecule has 2 N–H and O–H groups in total. The third-order valence-electron chi connectivity index (χ3n) is 6.11. The van der Waals surface area contributed by atoms with Crippen molar-refractivity contribution in [1.29, 1.82) is 0 Å². The Bertz CT molecular complexity index is 1280. The lowest BCUT2D eigenvalue weighted by molar-refractivity contribution is 0.420. The van der Waals surface area contributed by atoms with Gasteiger partial charge in [0.15, 0.2) is 0 Å². The maximum Gasteiger partial charge on any atom is 0.241 e. The first-order valence-electron chi connectivity index (χ1n) is 12.0. The molecule has 0 aromatic heterocycles. The first-order valence-corrected chi connectivity index (χ1v) is 13.5. The quantitative estimate of drug-likeness (QED) is 0.258. The van der Waals surface area contributed by atoms with Crippen LogP contribution in [0.15, 0.2) is 120 Å². The van der Waals surface area contributed by atoms with Crippen LogP contribution in [0.4, 0.5) is 0 Å². The molecule has 0 aliphatic carbocycles. The van der Waals surface area contributed by atoms with Gasteiger partial charge in [0.25, 0.3) is 0 Å². The SMILES string of the molecule is Cc1ccc(S(=O)(=O)N[C@@H](c2ccccc2)[C@H](NCCCc2ccccc2)c2ccccc2)cc1. The normalized spacial score (nSPS) is 13.3. The molecule has 2 atom stereocenters. The number of nitrogens with one attached hydrogen (secondary N) is 2. The second kappa shape index (κ2) is 11.9. The molecular weight excluding hydrogens is 452 g/mol. The van der Waals surface area contributed by atoms with Gasteiger partial charge in [0.1, 0.15) is 0 Å². The molecule has 4 rings (SSSR count). The standard InChI is InChI=1S/C30H32N2O2S/c1-24-19-21-28(22-20-24)35(33,34)32-30(27-17-9-4-10-18-27)29(26-15-7-3-8-16-26)31-23-11-14-25-12-5-2-6-13-25/h2-10,12-13,15-22,29-32H,11,14,23H2,1H3/t29-,30+/m1/s1. The van der Waals surface area contributed by atoms with Crippen molar-refractivity contribution in [3.63, 3.8) is 0 Å². The van der Waals surface area contributed by atoms with Crippen LogP contribution in [0.5, 0.6) is 0 Å². The zero-order valence-corrected chi connectivity index (χ0v) is 20.8. The fourth-order valence-corrected chi connectivity index (χ4v) is 5.46. The molecule has 4 nitrogen and oxygen atoms in total. The molecule has 0 aliphatic rings. The van der Waals surface area contributed by atoms with Crippen LogP contribution >= 0.6 is 0 Å². The van der Waals surface area contributed by atoms with Crippen LogP contribution in [-0.4, -0.2) is 15.0 Å². The molecule has 0 saturated heterocycles. The van der Waals surface area contributed by atoms with Gasteiger partial charge in [0.05, 0.1) is 17.0 Å². The fraction of sp³-hybridized carbons (Fsp3) is 0.200. The summed E-state index contributed by atoms with van der Waals surface area (Å²) in [5.74, 6) is 0. The van der Waals surface area contributed by atoms with Crippen LogP contribution in [0, 0.1) is 6.92 Å². The highest BCUT2D eigenvalue weighted by Crippen LogP contribution is 2.31. The largest absolute Gasteiger partial charge is 0.308 e. The molecule has 0 saturated carbocycles. The maximum atomic E-state index is 13.4. The van der Waals surface area contributed by atoms with E-state index in [2.05, 4.69) is 34.3 Å². The Balaban J connectivity index is 1.61. The Morgan fingerprint density at radius 3 is 1.74 bits per heavy atom. The minimum Gasteiger partial charge on any atom is -0.308 e. The summed E-state index contributed by atoms with van der Waals surface area (Å²) in [5, 5.41) is 3.66. The van der Waals surface area contributed by atoms with E-state index in [0.29, 0.717) is 0 Å². The number of rotatable bonds is 11. The molecule has 4 aromatic rings. The molecule has 0 aliphatic heterocycles. The molecule has 0 fully saturated rings. The number of hydrogen-bond donors (Lipinski definition) is 2. The van der Waals surface area contributed by atoms with Gasteiger partial charge in [-0.05, 0) is 55.1 Å². The second-order valence-corrected chi connectivity index (χ2v) is 10.5. The predicted molar refractivity (Wildman–Crippen MR) is 143 cm³/mol. The van der Waals surface area contributed by atoms with Crippen LogP contribution in [0.3, 0.4) is 0 Å². The summed E-state index contributed by atoms with van der Waals surface area (Å²) in [5.41, 5.74) is 4.26. The van der Waals surface area contributed by atoms with Crippen LogP contribution in [0.2, 0.25) is 0 Å². The van der Waals surface area contributed by atoms with Crippen molar-refractivity contribution in [2.24, 2.45) is 0 Å². The first-order chi connectivity index (χ1) is 17.0. The highest BCUT2D eigenvalue weighted by atomic mass is 32.2. The minimum atomic E-state index is -3.74. The Kier molecular flexibility index (Phi) is 8.48. The Morgan fingerprint density at radius 1 is 0.657 bits per heavy atom. The van der Waals surface area contributed by atoms with Gasteiger partial charge in [-0.15, -0.1) is 0 Å². The lowest BCUT2D eigenvalue weighted by Crippen LogP contribution is -2.39. The van der Waals surface area contributed by atoms with E-state index in [1.807, 2.05) is 85.8 Å². The van der Waals surface area contributed by atoms with Crippen molar-refractivity contribution in [2.45, 2.75) is 36.7 Å². The Labute approximate surface area is 209 Å². The molecule has 0 unspecified atom stereocenters. The van der Waals surface area contributed by atoms with Gasteiger partial charge < -0.3 is 5.32 Å². The fourth-order valence-electron chi connectivity index (χ4n) is 4.22. The number of benzene rings is 4. The molecule has 0 bridgehead atoms. The third kappa shape index (κ3) is 6.89. The molecule has 0 radical (unpaired) electrons. The van der Waals surface area contributed by atoms with Gasteiger partial charge in [-0.2, -0.15) is 0 Å². The molecule has 35 heavy (non-hydrogen) atoms.